The first-order valence-corrected chi connectivity index (χ1v) is 11.9. The molecule has 0 spiro atoms. The molecule has 5 rings (SSSR count). The number of methoxy groups -OCH3 is 2. The van der Waals surface area contributed by atoms with Crippen LogP contribution in [0.2, 0.25) is 0 Å². The molecule has 0 bridgehead atoms. The fraction of sp³-hybridized carbons (Fsp3) is 0.185. The molecule has 6 nitrogen and oxygen atoms in total. The number of fused-ring (bicyclic) bond motifs is 3. The van der Waals surface area contributed by atoms with Gasteiger partial charge in [0, 0.05) is 22.4 Å². The van der Waals surface area contributed by atoms with Gasteiger partial charge in [-0.25, -0.2) is 0 Å². The van der Waals surface area contributed by atoms with Gasteiger partial charge in [-0.2, -0.15) is 0 Å². The van der Waals surface area contributed by atoms with E-state index >= 15 is 0 Å². The van der Waals surface area contributed by atoms with Gasteiger partial charge < -0.3 is 18.6 Å². The van der Waals surface area contributed by atoms with Crippen molar-refractivity contribution in [2.24, 2.45) is 0 Å². The van der Waals surface area contributed by atoms with Crippen LogP contribution in [-0.4, -0.2) is 26.4 Å². The zero-order valence-electron chi connectivity index (χ0n) is 18.9. The number of rotatable bonds is 5. The molecule has 0 aliphatic carbocycles. The van der Waals surface area contributed by atoms with E-state index in [9.17, 15) is 9.59 Å². The van der Waals surface area contributed by atoms with E-state index in [4.69, 9.17) is 18.6 Å². The third-order valence-electron chi connectivity index (χ3n) is 6.09. The summed E-state index contributed by atoms with van der Waals surface area (Å²) in [5.41, 5.74) is 2.87. The molecule has 7 heteroatoms. The number of carbonyl (C=O) groups excluding carboxylic acids is 1. The summed E-state index contributed by atoms with van der Waals surface area (Å²) in [5, 5.41) is 0.318. The molecule has 1 aliphatic heterocycles. The minimum Gasteiger partial charge on any atom is -0.497 e. The molecule has 2 heterocycles. The molecule has 0 N–H and O–H groups in total. The lowest BCUT2D eigenvalue weighted by molar-refractivity contribution is -0.135. The van der Waals surface area contributed by atoms with Crippen molar-refractivity contribution in [3.8, 4) is 28.4 Å². The molecule has 0 unspecified atom stereocenters. The standard InChI is InChI=1S/C27H22O6S/c1-30-17-8-4-16(5-9-17)20-14-32-27-24-19(15-6-10-18(34-3)11-7-15)12-23(28)33-22(24)13-21(31-2)25(27)26(20)29/h4-11,13-14,19H,12H2,1-3H3/t19-/m1/s1. The van der Waals surface area contributed by atoms with E-state index in [1.807, 2.05) is 30.5 Å². The van der Waals surface area contributed by atoms with Crippen LogP contribution >= 0.6 is 11.8 Å². The summed E-state index contributed by atoms with van der Waals surface area (Å²) in [7, 11) is 3.06. The maximum atomic E-state index is 13.7. The number of esters is 1. The van der Waals surface area contributed by atoms with Gasteiger partial charge in [0.15, 0.2) is 0 Å². The summed E-state index contributed by atoms with van der Waals surface area (Å²) in [6.07, 6.45) is 3.62. The van der Waals surface area contributed by atoms with E-state index in [-0.39, 0.29) is 23.7 Å². The van der Waals surface area contributed by atoms with Crippen LogP contribution in [0.4, 0.5) is 0 Å². The molecule has 0 fully saturated rings. The topological polar surface area (TPSA) is 75.0 Å². The van der Waals surface area contributed by atoms with E-state index < -0.39 is 0 Å². The largest absolute Gasteiger partial charge is 0.497 e. The quantitative estimate of drug-likeness (QED) is 0.210. The maximum Gasteiger partial charge on any atom is 0.312 e. The lowest BCUT2D eigenvalue weighted by Gasteiger charge is -2.26. The second-order valence-electron chi connectivity index (χ2n) is 7.91. The number of hydrogen-bond donors (Lipinski definition) is 0. The zero-order chi connectivity index (χ0) is 23.8. The Kier molecular flexibility index (Phi) is 5.79. The van der Waals surface area contributed by atoms with Gasteiger partial charge >= 0.3 is 5.97 Å². The molecule has 0 radical (unpaired) electrons. The summed E-state index contributed by atoms with van der Waals surface area (Å²) in [6, 6.07) is 16.8. The van der Waals surface area contributed by atoms with E-state index in [1.54, 1.807) is 49.2 Å². The van der Waals surface area contributed by atoms with Gasteiger partial charge in [0.25, 0.3) is 0 Å². The Hall–Kier alpha value is -3.71. The first-order chi connectivity index (χ1) is 16.5. The van der Waals surface area contributed by atoms with Crippen LogP contribution in [0.25, 0.3) is 22.1 Å². The van der Waals surface area contributed by atoms with Crippen molar-refractivity contribution in [2.75, 3.05) is 20.5 Å². The van der Waals surface area contributed by atoms with Gasteiger partial charge in [0.05, 0.1) is 26.2 Å². The van der Waals surface area contributed by atoms with Crippen LogP contribution in [0.3, 0.4) is 0 Å². The predicted molar refractivity (Wildman–Crippen MR) is 131 cm³/mol. The molecular weight excluding hydrogens is 452 g/mol. The third-order valence-corrected chi connectivity index (χ3v) is 6.84. The van der Waals surface area contributed by atoms with Crippen LogP contribution in [0.5, 0.6) is 17.2 Å². The highest BCUT2D eigenvalue weighted by Gasteiger charge is 2.34. The van der Waals surface area contributed by atoms with Gasteiger partial charge in [0.1, 0.15) is 34.5 Å². The Labute approximate surface area is 200 Å². The predicted octanol–water partition coefficient (Wildman–Crippen LogP) is 5.64. The fourth-order valence-corrected chi connectivity index (χ4v) is 4.78. The molecule has 1 aromatic heterocycles. The maximum absolute atomic E-state index is 13.7. The molecule has 0 saturated carbocycles. The number of thioether (sulfide) groups is 1. The van der Waals surface area contributed by atoms with Crippen molar-refractivity contribution in [2.45, 2.75) is 17.2 Å². The van der Waals surface area contributed by atoms with E-state index in [0.29, 0.717) is 44.9 Å². The Morgan fingerprint density at radius 2 is 1.71 bits per heavy atom. The lowest BCUT2D eigenvalue weighted by Crippen LogP contribution is -2.22. The van der Waals surface area contributed by atoms with Crippen molar-refractivity contribution < 1.29 is 23.4 Å². The minimum atomic E-state index is -0.343. The number of carbonyl (C=O) groups is 1. The first kappa shape index (κ1) is 22.1. The molecule has 172 valence electrons. The van der Waals surface area contributed by atoms with Crippen molar-refractivity contribution in [3.05, 3.63) is 82.2 Å². The van der Waals surface area contributed by atoms with Crippen LogP contribution in [0.1, 0.15) is 23.5 Å². The third kappa shape index (κ3) is 3.72. The summed E-state index contributed by atoms with van der Waals surface area (Å²) < 4.78 is 22.4. The smallest absolute Gasteiger partial charge is 0.312 e. The highest BCUT2D eigenvalue weighted by atomic mass is 32.2. The Morgan fingerprint density at radius 3 is 2.35 bits per heavy atom. The molecule has 1 atom stereocenters. The zero-order valence-corrected chi connectivity index (χ0v) is 19.7. The number of benzene rings is 3. The molecule has 34 heavy (non-hydrogen) atoms. The van der Waals surface area contributed by atoms with Crippen LogP contribution in [0.15, 0.2) is 75.0 Å². The highest BCUT2D eigenvalue weighted by Crippen LogP contribution is 2.46. The van der Waals surface area contributed by atoms with Crippen molar-refractivity contribution >= 4 is 28.7 Å². The summed E-state index contributed by atoms with van der Waals surface area (Å²) >= 11 is 1.65. The van der Waals surface area contributed by atoms with Gasteiger partial charge in [-0.05, 0) is 41.6 Å². The van der Waals surface area contributed by atoms with E-state index in [1.165, 1.54) is 13.4 Å². The minimum absolute atomic E-state index is 0.150. The van der Waals surface area contributed by atoms with E-state index in [0.717, 1.165) is 10.5 Å². The number of hydrogen-bond acceptors (Lipinski definition) is 7. The lowest BCUT2D eigenvalue weighted by atomic mass is 9.85. The second kappa shape index (κ2) is 8.91. The Bertz CT molecular complexity index is 1440. The highest BCUT2D eigenvalue weighted by molar-refractivity contribution is 7.98. The van der Waals surface area contributed by atoms with Gasteiger partial charge in [0.2, 0.25) is 5.43 Å². The molecule has 3 aromatic carbocycles. The monoisotopic (exact) mass is 474 g/mol. The summed E-state index contributed by atoms with van der Waals surface area (Å²) in [5.74, 6) is 0.683. The van der Waals surface area contributed by atoms with Crippen molar-refractivity contribution in [1.82, 2.24) is 0 Å². The summed E-state index contributed by atoms with van der Waals surface area (Å²) in [4.78, 5) is 27.2. The average Bonchev–Trinajstić information content (AvgIpc) is 2.87. The number of ether oxygens (including phenoxy) is 3. The molecular formula is C27H22O6S. The van der Waals surface area contributed by atoms with Crippen LogP contribution < -0.4 is 19.6 Å². The SMILES string of the molecule is COc1ccc(-c2coc3c4c(cc(OC)c3c2=O)OC(=O)C[C@@H]4c2ccc(SC)cc2)cc1. The average molecular weight is 475 g/mol. The van der Waals surface area contributed by atoms with Crippen LogP contribution in [-0.2, 0) is 4.79 Å². The molecule has 0 saturated heterocycles. The van der Waals surface area contributed by atoms with Gasteiger partial charge in [-0.1, -0.05) is 24.3 Å². The molecule has 1 aliphatic rings. The van der Waals surface area contributed by atoms with Crippen molar-refractivity contribution in [1.29, 1.82) is 0 Å². The van der Waals surface area contributed by atoms with Crippen LogP contribution in [0, 0.1) is 0 Å². The van der Waals surface area contributed by atoms with Gasteiger partial charge in [-0.15, -0.1) is 11.8 Å². The first-order valence-electron chi connectivity index (χ1n) is 10.7. The Balaban J connectivity index is 1.74. The molecule has 0 amide bonds. The van der Waals surface area contributed by atoms with Crippen molar-refractivity contribution in [3.63, 3.8) is 0 Å². The fourth-order valence-electron chi connectivity index (χ4n) is 4.37. The summed E-state index contributed by atoms with van der Waals surface area (Å²) in [6.45, 7) is 0. The van der Waals surface area contributed by atoms with Gasteiger partial charge in [-0.3, -0.25) is 9.59 Å². The van der Waals surface area contributed by atoms with E-state index in [2.05, 4.69) is 0 Å². The Morgan fingerprint density at radius 1 is 0.971 bits per heavy atom. The normalized spacial score (nSPS) is 15.0. The molecule has 4 aromatic rings. The second-order valence-corrected chi connectivity index (χ2v) is 8.79.